The standard InChI is InChI=1S/C23H28N4O2/c1-25-20-5-2-4-17-18-14-26(12-3-6-21(28)16-7-10-24-11-8-16)13-9-19(18)27(23(17)20)15-22(25)29/h2,4-5,7-8,10-11,18-19,21,28H,3,6,9,12-15H2,1H3/t18-,19-,21+/m0/s1. The molecule has 1 aromatic carbocycles. The first-order valence-corrected chi connectivity index (χ1v) is 10.6. The van der Waals surface area contributed by atoms with Gasteiger partial charge in [-0.05, 0) is 55.1 Å². The molecule has 0 aliphatic carbocycles. The lowest BCUT2D eigenvalue weighted by Crippen LogP contribution is -2.51. The van der Waals surface area contributed by atoms with Gasteiger partial charge in [0.25, 0.3) is 0 Å². The number of piperidine rings is 1. The minimum absolute atomic E-state index is 0.183. The maximum Gasteiger partial charge on any atom is 0.246 e. The molecule has 0 unspecified atom stereocenters. The van der Waals surface area contributed by atoms with E-state index in [-0.39, 0.29) is 5.91 Å². The van der Waals surface area contributed by atoms with Gasteiger partial charge in [-0.15, -0.1) is 0 Å². The fourth-order valence-corrected chi connectivity index (χ4v) is 5.33. The Bertz CT molecular complexity index is 903. The van der Waals surface area contributed by atoms with Crippen LogP contribution in [0.2, 0.25) is 0 Å². The number of aromatic nitrogens is 1. The van der Waals surface area contributed by atoms with Crippen LogP contribution in [0.3, 0.4) is 0 Å². The fraction of sp³-hybridized carbons (Fsp3) is 0.478. The van der Waals surface area contributed by atoms with Crippen molar-refractivity contribution in [3.8, 4) is 0 Å². The third-order valence-corrected chi connectivity index (χ3v) is 6.88. The largest absolute Gasteiger partial charge is 0.388 e. The summed E-state index contributed by atoms with van der Waals surface area (Å²) in [6.07, 6.45) is 5.87. The van der Waals surface area contributed by atoms with Gasteiger partial charge in [-0.1, -0.05) is 12.1 Å². The van der Waals surface area contributed by atoms with Crippen molar-refractivity contribution >= 4 is 17.3 Å². The van der Waals surface area contributed by atoms with E-state index >= 15 is 0 Å². The molecular formula is C23H28N4O2. The van der Waals surface area contributed by atoms with Crippen LogP contribution in [0, 0.1) is 0 Å². The summed E-state index contributed by atoms with van der Waals surface area (Å²) in [7, 11) is 1.89. The molecule has 4 heterocycles. The van der Waals surface area contributed by atoms with Gasteiger partial charge < -0.3 is 19.8 Å². The topological polar surface area (TPSA) is 59.9 Å². The zero-order chi connectivity index (χ0) is 20.0. The van der Waals surface area contributed by atoms with E-state index in [4.69, 9.17) is 0 Å². The lowest BCUT2D eigenvalue weighted by Gasteiger charge is -2.41. The predicted molar refractivity (Wildman–Crippen MR) is 113 cm³/mol. The predicted octanol–water partition coefficient (Wildman–Crippen LogP) is 2.55. The van der Waals surface area contributed by atoms with Crippen LogP contribution in [0.1, 0.15) is 42.4 Å². The summed E-state index contributed by atoms with van der Waals surface area (Å²) in [5.74, 6) is 0.644. The number of likely N-dealkylation sites (N-methyl/N-ethyl adjacent to an activating group) is 1. The van der Waals surface area contributed by atoms with Gasteiger partial charge >= 0.3 is 0 Å². The Balaban J connectivity index is 1.25. The van der Waals surface area contributed by atoms with E-state index in [2.05, 4.69) is 33.0 Å². The molecule has 1 saturated heterocycles. The molecule has 3 aliphatic rings. The monoisotopic (exact) mass is 392 g/mol. The number of hydrogen-bond donors (Lipinski definition) is 1. The van der Waals surface area contributed by atoms with Crippen LogP contribution >= 0.6 is 0 Å². The smallest absolute Gasteiger partial charge is 0.246 e. The molecule has 3 aliphatic heterocycles. The molecule has 0 radical (unpaired) electrons. The summed E-state index contributed by atoms with van der Waals surface area (Å²) in [5, 5.41) is 10.4. The second-order valence-electron chi connectivity index (χ2n) is 8.50. The van der Waals surface area contributed by atoms with Crippen molar-refractivity contribution < 1.29 is 9.90 Å². The zero-order valence-electron chi connectivity index (χ0n) is 16.9. The number of benzene rings is 1. The number of para-hydroxylation sites is 1. The van der Waals surface area contributed by atoms with Crippen molar-refractivity contribution in [2.24, 2.45) is 0 Å². The lowest BCUT2D eigenvalue weighted by atomic mass is 9.89. The van der Waals surface area contributed by atoms with E-state index in [9.17, 15) is 9.90 Å². The van der Waals surface area contributed by atoms with Gasteiger partial charge in [0.15, 0.2) is 0 Å². The number of carbonyl (C=O) groups is 1. The number of rotatable bonds is 5. The van der Waals surface area contributed by atoms with Gasteiger partial charge in [-0.3, -0.25) is 9.78 Å². The Morgan fingerprint density at radius 1 is 1.24 bits per heavy atom. The molecule has 2 aromatic rings. The second-order valence-corrected chi connectivity index (χ2v) is 8.50. The Labute approximate surface area is 171 Å². The van der Waals surface area contributed by atoms with Gasteiger partial charge in [0, 0.05) is 44.5 Å². The summed E-state index contributed by atoms with van der Waals surface area (Å²) < 4.78 is 0. The van der Waals surface area contributed by atoms with E-state index in [0.717, 1.165) is 50.1 Å². The molecule has 5 rings (SSSR count). The van der Waals surface area contributed by atoms with Crippen molar-refractivity contribution in [1.82, 2.24) is 9.88 Å². The van der Waals surface area contributed by atoms with Crippen LogP contribution < -0.4 is 9.80 Å². The molecule has 1 aromatic heterocycles. The molecule has 0 saturated carbocycles. The van der Waals surface area contributed by atoms with E-state index < -0.39 is 6.10 Å². The molecule has 0 bridgehead atoms. The molecular weight excluding hydrogens is 364 g/mol. The van der Waals surface area contributed by atoms with E-state index in [0.29, 0.717) is 18.5 Å². The van der Waals surface area contributed by atoms with E-state index in [1.807, 2.05) is 24.1 Å². The highest BCUT2D eigenvalue weighted by molar-refractivity contribution is 6.04. The first kappa shape index (κ1) is 18.6. The van der Waals surface area contributed by atoms with Crippen LogP contribution in [-0.2, 0) is 4.79 Å². The van der Waals surface area contributed by atoms with Gasteiger partial charge in [-0.25, -0.2) is 0 Å². The van der Waals surface area contributed by atoms with Crippen molar-refractivity contribution in [3.63, 3.8) is 0 Å². The number of carbonyl (C=O) groups excluding carboxylic acids is 1. The minimum Gasteiger partial charge on any atom is -0.388 e. The lowest BCUT2D eigenvalue weighted by molar-refractivity contribution is -0.117. The molecule has 1 N–H and O–H groups in total. The van der Waals surface area contributed by atoms with Gasteiger partial charge in [0.1, 0.15) is 0 Å². The number of anilines is 2. The van der Waals surface area contributed by atoms with Crippen LogP contribution in [-0.4, -0.2) is 60.2 Å². The Kier molecular flexibility index (Phi) is 4.76. The summed E-state index contributed by atoms with van der Waals surface area (Å²) in [5.41, 5.74) is 4.67. The van der Waals surface area contributed by atoms with Crippen molar-refractivity contribution in [2.75, 3.05) is 43.0 Å². The van der Waals surface area contributed by atoms with Crippen molar-refractivity contribution in [2.45, 2.75) is 37.3 Å². The summed E-state index contributed by atoms with van der Waals surface area (Å²) >= 11 is 0. The quantitative estimate of drug-likeness (QED) is 0.847. The SMILES string of the molecule is CN1C(=O)CN2c3c(cccc31)[C@@H]1CN(CCC[C@@H](O)c3ccncc3)CC[C@@H]12. The molecule has 1 amide bonds. The Morgan fingerprint density at radius 2 is 2.07 bits per heavy atom. The maximum atomic E-state index is 12.5. The van der Waals surface area contributed by atoms with Crippen LogP contribution in [0.15, 0.2) is 42.7 Å². The number of likely N-dealkylation sites (tertiary alicyclic amines) is 1. The average molecular weight is 393 g/mol. The average Bonchev–Trinajstić information content (AvgIpc) is 3.06. The summed E-state index contributed by atoms with van der Waals surface area (Å²) in [4.78, 5) is 23.2. The molecule has 29 heavy (non-hydrogen) atoms. The zero-order valence-corrected chi connectivity index (χ0v) is 16.9. The van der Waals surface area contributed by atoms with Gasteiger partial charge in [-0.2, -0.15) is 0 Å². The van der Waals surface area contributed by atoms with Crippen LogP contribution in [0.4, 0.5) is 11.4 Å². The Morgan fingerprint density at radius 3 is 2.90 bits per heavy atom. The summed E-state index contributed by atoms with van der Waals surface area (Å²) in [6.45, 7) is 3.58. The first-order valence-electron chi connectivity index (χ1n) is 10.6. The van der Waals surface area contributed by atoms with E-state index in [1.165, 1.54) is 11.3 Å². The number of fused-ring (bicyclic) bond motifs is 3. The van der Waals surface area contributed by atoms with E-state index in [1.54, 1.807) is 12.4 Å². The van der Waals surface area contributed by atoms with Crippen LogP contribution in [0.5, 0.6) is 0 Å². The normalized spacial score (nSPS) is 24.4. The fourth-order valence-electron chi connectivity index (χ4n) is 5.33. The number of pyridine rings is 1. The highest BCUT2D eigenvalue weighted by Crippen LogP contribution is 2.50. The molecule has 6 nitrogen and oxygen atoms in total. The number of amides is 1. The number of nitrogens with zero attached hydrogens (tertiary/aromatic N) is 4. The maximum absolute atomic E-state index is 12.5. The number of hydrogen-bond acceptors (Lipinski definition) is 5. The third-order valence-electron chi connectivity index (χ3n) is 6.88. The molecule has 6 heteroatoms. The molecule has 3 atom stereocenters. The van der Waals surface area contributed by atoms with Crippen molar-refractivity contribution in [1.29, 1.82) is 0 Å². The minimum atomic E-state index is -0.420. The molecule has 0 spiro atoms. The van der Waals surface area contributed by atoms with Gasteiger partial charge in [0.2, 0.25) is 5.91 Å². The van der Waals surface area contributed by atoms with Gasteiger partial charge in [0.05, 0.1) is 24.0 Å². The first-order chi connectivity index (χ1) is 14.1. The summed E-state index contributed by atoms with van der Waals surface area (Å²) in [6, 6.07) is 10.6. The molecule has 152 valence electrons. The number of aliphatic hydroxyl groups excluding tert-OH is 1. The highest BCUT2D eigenvalue weighted by Gasteiger charge is 2.46. The second kappa shape index (κ2) is 7.43. The number of aliphatic hydroxyl groups is 1. The van der Waals surface area contributed by atoms with Crippen LogP contribution in [0.25, 0.3) is 0 Å². The third kappa shape index (κ3) is 3.20. The van der Waals surface area contributed by atoms with Crippen molar-refractivity contribution in [3.05, 3.63) is 53.9 Å². The highest BCUT2D eigenvalue weighted by atomic mass is 16.3. The molecule has 1 fully saturated rings. The Hall–Kier alpha value is -2.44.